The van der Waals surface area contributed by atoms with Crippen molar-refractivity contribution in [3.05, 3.63) is 0 Å². The van der Waals surface area contributed by atoms with Gasteiger partial charge < -0.3 is 4.74 Å². The first-order valence-electron chi connectivity index (χ1n) is 8.50. The Balaban J connectivity index is 1.97. The van der Waals surface area contributed by atoms with E-state index in [9.17, 15) is 9.59 Å². The van der Waals surface area contributed by atoms with E-state index in [1.807, 2.05) is 7.05 Å². The van der Waals surface area contributed by atoms with Crippen LogP contribution in [0.1, 0.15) is 64.7 Å². The summed E-state index contributed by atoms with van der Waals surface area (Å²) >= 11 is 0. The van der Waals surface area contributed by atoms with Gasteiger partial charge in [0.2, 0.25) is 0 Å². The Morgan fingerprint density at radius 3 is 2.33 bits per heavy atom. The molecule has 21 heavy (non-hydrogen) atoms. The highest BCUT2D eigenvalue weighted by atomic mass is 16.5. The molecule has 0 aromatic heterocycles. The topological polar surface area (TPSA) is 46.6 Å². The molecule has 0 spiro atoms. The van der Waals surface area contributed by atoms with E-state index in [-0.39, 0.29) is 24.2 Å². The Hall–Kier alpha value is -0.900. The van der Waals surface area contributed by atoms with Gasteiger partial charge in [-0.2, -0.15) is 0 Å². The number of nitrogens with zero attached hydrogens (tertiary/aromatic N) is 1. The van der Waals surface area contributed by atoms with E-state index in [0.29, 0.717) is 13.2 Å². The molecule has 122 valence electrons. The molecule has 0 aromatic carbocycles. The lowest BCUT2D eigenvalue weighted by atomic mass is 9.82. The standard InChI is InChI=1S/C17H31NO3/c1-3-4-5-6-7-8-12-21-17(20)14-18(2)13-16(19)15-10-9-11-15/h15H,3-14H2,1-2H3. The van der Waals surface area contributed by atoms with Crippen molar-refractivity contribution < 1.29 is 14.3 Å². The number of carbonyl (C=O) groups is 2. The molecule has 1 aliphatic carbocycles. The summed E-state index contributed by atoms with van der Waals surface area (Å²) in [4.78, 5) is 25.2. The number of likely N-dealkylation sites (N-methyl/N-ethyl adjacent to an activating group) is 1. The minimum absolute atomic E-state index is 0.215. The van der Waals surface area contributed by atoms with Crippen LogP contribution >= 0.6 is 0 Å². The number of ketones is 1. The van der Waals surface area contributed by atoms with Crippen molar-refractivity contribution >= 4 is 11.8 Å². The van der Waals surface area contributed by atoms with Gasteiger partial charge in [-0.25, -0.2) is 0 Å². The molecule has 1 saturated carbocycles. The smallest absolute Gasteiger partial charge is 0.320 e. The van der Waals surface area contributed by atoms with Gasteiger partial charge in [-0.1, -0.05) is 45.4 Å². The highest BCUT2D eigenvalue weighted by Gasteiger charge is 2.26. The van der Waals surface area contributed by atoms with Crippen LogP contribution in [0.4, 0.5) is 0 Å². The molecule has 0 saturated heterocycles. The van der Waals surface area contributed by atoms with E-state index in [1.54, 1.807) is 4.90 Å². The number of hydrogen-bond donors (Lipinski definition) is 0. The second kappa shape index (κ2) is 10.8. The van der Waals surface area contributed by atoms with Crippen molar-refractivity contribution in [2.24, 2.45) is 5.92 Å². The van der Waals surface area contributed by atoms with Crippen LogP contribution < -0.4 is 0 Å². The molecule has 4 nitrogen and oxygen atoms in total. The predicted molar refractivity (Wildman–Crippen MR) is 84.2 cm³/mol. The van der Waals surface area contributed by atoms with Crippen molar-refractivity contribution in [3.63, 3.8) is 0 Å². The third-order valence-corrected chi connectivity index (χ3v) is 4.15. The summed E-state index contributed by atoms with van der Waals surface area (Å²) < 4.78 is 5.21. The van der Waals surface area contributed by atoms with E-state index < -0.39 is 0 Å². The van der Waals surface area contributed by atoms with Crippen LogP contribution in [0.15, 0.2) is 0 Å². The molecule has 0 N–H and O–H groups in total. The highest BCUT2D eigenvalue weighted by molar-refractivity contribution is 5.84. The normalized spacial score (nSPS) is 15.0. The largest absolute Gasteiger partial charge is 0.465 e. The van der Waals surface area contributed by atoms with E-state index in [0.717, 1.165) is 25.7 Å². The fraction of sp³-hybridized carbons (Fsp3) is 0.882. The molecular formula is C17H31NO3. The first-order valence-corrected chi connectivity index (χ1v) is 8.50. The quantitative estimate of drug-likeness (QED) is 0.410. The highest BCUT2D eigenvalue weighted by Crippen LogP contribution is 2.27. The summed E-state index contributed by atoms with van der Waals surface area (Å²) in [5, 5.41) is 0. The average Bonchev–Trinajstić information content (AvgIpc) is 2.35. The number of hydrogen-bond acceptors (Lipinski definition) is 4. The SMILES string of the molecule is CCCCCCCCOC(=O)CN(C)CC(=O)C1CCC1. The van der Waals surface area contributed by atoms with Gasteiger partial charge in [-0.15, -0.1) is 0 Å². The third-order valence-electron chi connectivity index (χ3n) is 4.15. The summed E-state index contributed by atoms with van der Waals surface area (Å²) in [5.41, 5.74) is 0. The molecule has 0 atom stereocenters. The van der Waals surface area contributed by atoms with Crippen LogP contribution in [0.2, 0.25) is 0 Å². The number of esters is 1. The fourth-order valence-corrected chi connectivity index (χ4v) is 2.52. The minimum atomic E-state index is -0.215. The van der Waals surface area contributed by atoms with E-state index >= 15 is 0 Å². The molecule has 0 radical (unpaired) electrons. The Morgan fingerprint density at radius 1 is 1.05 bits per heavy atom. The molecular weight excluding hydrogens is 266 g/mol. The van der Waals surface area contributed by atoms with Gasteiger partial charge in [-0.05, 0) is 26.3 Å². The van der Waals surface area contributed by atoms with Gasteiger partial charge in [0, 0.05) is 5.92 Å². The second-order valence-electron chi connectivity index (χ2n) is 6.25. The van der Waals surface area contributed by atoms with Crippen LogP contribution in [0, 0.1) is 5.92 Å². The summed E-state index contributed by atoms with van der Waals surface area (Å²) in [6.45, 7) is 3.30. The van der Waals surface area contributed by atoms with Crippen LogP contribution in [0.25, 0.3) is 0 Å². The Morgan fingerprint density at radius 2 is 1.71 bits per heavy atom. The van der Waals surface area contributed by atoms with Gasteiger partial charge in [0.1, 0.15) is 5.78 Å². The summed E-state index contributed by atoms with van der Waals surface area (Å²) in [5.74, 6) is 0.298. The molecule has 0 amide bonds. The number of carbonyl (C=O) groups excluding carboxylic acids is 2. The molecule has 0 bridgehead atoms. The van der Waals surface area contributed by atoms with Gasteiger partial charge in [-0.3, -0.25) is 14.5 Å². The molecule has 1 aliphatic rings. The van der Waals surface area contributed by atoms with Crippen molar-refractivity contribution in [2.45, 2.75) is 64.7 Å². The van der Waals surface area contributed by atoms with Crippen molar-refractivity contribution in [1.82, 2.24) is 4.90 Å². The summed E-state index contributed by atoms with van der Waals surface area (Å²) in [6.07, 6.45) is 10.3. The third kappa shape index (κ3) is 8.20. The lowest BCUT2D eigenvalue weighted by molar-refractivity contribution is -0.145. The molecule has 0 aromatic rings. The second-order valence-corrected chi connectivity index (χ2v) is 6.25. The van der Waals surface area contributed by atoms with E-state index in [4.69, 9.17) is 4.74 Å². The van der Waals surface area contributed by atoms with Gasteiger partial charge in [0.05, 0.1) is 19.7 Å². The maximum absolute atomic E-state index is 11.8. The number of ether oxygens (including phenoxy) is 1. The zero-order chi connectivity index (χ0) is 15.5. The average molecular weight is 297 g/mol. The van der Waals surface area contributed by atoms with Crippen LogP contribution in [0.5, 0.6) is 0 Å². The van der Waals surface area contributed by atoms with Crippen LogP contribution in [-0.2, 0) is 14.3 Å². The van der Waals surface area contributed by atoms with Crippen LogP contribution in [0.3, 0.4) is 0 Å². The van der Waals surface area contributed by atoms with Crippen molar-refractivity contribution in [2.75, 3.05) is 26.7 Å². The maximum Gasteiger partial charge on any atom is 0.320 e. The Kier molecular flexibility index (Phi) is 9.31. The predicted octanol–water partition coefficient (Wildman–Crippen LogP) is 3.19. The first kappa shape index (κ1) is 18.1. The minimum Gasteiger partial charge on any atom is -0.465 e. The fourth-order valence-electron chi connectivity index (χ4n) is 2.52. The van der Waals surface area contributed by atoms with Gasteiger partial charge >= 0.3 is 5.97 Å². The lowest BCUT2D eigenvalue weighted by Gasteiger charge is -2.26. The lowest BCUT2D eigenvalue weighted by Crippen LogP contribution is -2.36. The maximum atomic E-state index is 11.8. The molecule has 1 rings (SSSR count). The molecule has 4 heteroatoms. The zero-order valence-electron chi connectivity index (χ0n) is 13.7. The Labute approximate surface area is 129 Å². The number of unbranched alkanes of at least 4 members (excludes halogenated alkanes) is 5. The zero-order valence-corrected chi connectivity index (χ0v) is 13.7. The van der Waals surface area contributed by atoms with Crippen molar-refractivity contribution in [1.29, 1.82) is 0 Å². The molecule has 0 aliphatic heterocycles. The monoisotopic (exact) mass is 297 g/mol. The number of rotatable bonds is 12. The van der Waals surface area contributed by atoms with Crippen LogP contribution in [-0.4, -0.2) is 43.4 Å². The van der Waals surface area contributed by atoms with Gasteiger partial charge in [0.15, 0.2) is 0 Å². The Bertz CT molecular complexity index is 313. The van der Waals surface area contributed by atoms with E-state index in [1.165, 1.54) is 32.1 Å². The van der Waals surface area contributed by atoms with Gasteiger partial charge in [0.25, 0.3) is 0 Å². The van der Waals surface area contributed by atoms with E-state index in [2.05, 4.69) is 6.92 Å². The molecule has 1 fully saturated rings. The molecule has 0 unspecified atom stereocenters. The number of Topliss-reactive ketones (excluding diaryl/α,β-unsaturated/α-hetero) is 1. The van der Waals surface area contributed by atoms with Crippen molar-refractivity contribution in [3.8, 4) is 0 Å². The summed E-state index contributed by atoms with van der Waals surface area (Å²) in [7, 11) is 1.81. The first-order chi connectivity index (χ1) is 10.1. The summed E-state index contributed by atoms with van der Waals surface area (Å²) in [6, 6.07) is 0. The molecule has 0 heterocycles.